The summed E-state index contributed by atoms with van der Waals surface area (Å²) in [7, 11) is 0. The van der Waals surface area contributed by atoms with E-state index in [1.807, 2.05) is 51.1 Å². The fourth-order valence-corrected chi connectivity index (χ4v) is 2.61. The number of ether oxygens (including phenoxy) is 2. The van der Waals surface area contributed by atoms with Crippen LogP contribution in [0.2, 0.25) is 0 Å². The zero-order valence-electron chi connectivity index (χ0n) is 17.2. The number of para-hydroxylation sites is 1. The maximum atomic E-state index is 12.8. The standard InChI is InChI=1S/C21H29N3O4/c1-6-27-20(26)18(12-13-28-21(3,4)5)22-19(25)17-14-24(23-15(17)2)16-10-8-7-9-11-16/h7-11,14,18H,6,12-13H2,1-5H3,(H,22,25)/t18-/m0/s1. The van der Waals surface area contributed by atoms with Crippen LogP contribution in [0.25, 0.3) is 5.69 Å². The number of carbonyl (C=O) groups excluding carboxylic acids is 2. The molecule has 1 N–H and O–H groups in total. The number of rotatable bonds is 8. The van der Waals surface area contributed by atoms with E-state index in [1.54, 1.807) is 24.7 Å². The molecule has 152 valence electrons. The summed E-state index contributed by atoms with van der Waals surface area (Å²) >= 11 is 0. The zero-order chi connectivity index (χ0) is 20.7. The van der Waals surface area contributed by atoms with Crippen molar-refractivity contribution in [2.75, 3.05) is 13.2 Å². The van der Waals surface area contributed by atoms with E-state index in [0.717, 1.165) is 5.69 Å². The number of nitrogens with zero attached hydrogens (tertiary/aromatic N) is 2. The normalized spacial score (nSPS) is 12.5. The summed E-state index contributed by atoms with van der Waals surface area (Å²) < 4.78 is 12.4. The van der Waals surface area contributed by atoms with E-state index in [0.29, 0.717) is 24.3 Å². The van der Waals surface area contributed by atoms with Crippen molar-refractivity contribution in [2.45, 2.75) is 52.7 Å². The van der Waals surface area contributed by atoms with Crippen LogP contribution in [0.3, 0.4) is 0 Å². The molecule has 0 aliphatic carbocycles. The van der Waals surface area contributed by atoms with E-state index in [-0.39, 0.29) is 18.1 Å². The Morgan fingerprint density at radius 1 is 1.21 bits per heavy atom. The third-order valence-corrected chi connectivity index (χ3v) is 3.98. The van der Waals surface area contributed by atoms with Gasteiger partial charge in [0.15, 0.2) is 0 Å². The predicted molar refractivity (Wildman–Crippen MR) is 107 cm³/mol. The zero-order valence-corrected chi connectivity index (χ0v) is 17.2. The van der Waals surface area contributed by atoms with Crippen molar-refractivity contribution in [1.82, 2.24) is 15.1 Å². The lowest BCUT2D eigenvalue weighted by atomic mass is 10.1. The molecule has 7 heteroatoms. The van der Waals surface area contributed by atoms with E-state index < -0.39 is 12.0 Å². The molecule has 1 atom stereocenters. The molecule has 0 radical (unpaired) electrons. The Morgan fingerprint density at radius 2 is 1.89 bits per heavy atom. The molecule has 0 unspecified atom stereocenters. The number of benzene rings is 1. The molecule has 0 saturated heterocycles. The van der Waals surface area contributed by atoms with Crippen molar-refractivity contribution in [3.63, 3.8) is 0 Å². The largest absolute Gasteiger partial charge is 0.464 e. The second kappa shape index (κ2) is 9.50. The first kappa shape index (κ1) is 21.6. The number of carbonyl (C=O) groups is 2. The van der Waals surface area contributed by atoms with Gasteiger partial charge in [-0.1, -0.05) is 18.2 Å². The van der Waals surface area contributed by atoms with Crippen molar-refractivity contribution in [3.05, 3.63) is 47.8 Å². The van der Waals surface area contributed by atoms with Gasteiger partial charge in [0.1, 0.15) is 6.04 Å². The first-order valence-electron chi connectivity index (χ1n) is 9.44. The van der Waals surface area contributed by atoms with Crippen molar-refractivity contribution >= 4 is 11.9 Å². The van der Waals surface area contributed by atoms with Gasteiger partial charge >= 0.3 is 5.97 Å². The van der Waals surface area contributed by atoms with Gasteiger partial charge in [-0.05, 0) is 46.8 Å². The van der Waals surface area contributed by atoms with E-state index in [1.165, 1.54) is 0 Å². The lowest BCUT2D eigenvalue weighted by Gasteiger charge is -2.22. The molecule has 2 aromatic rings. The molecular formula is C21H29N3O4. The molecule has 0 aliphatic heterocycles. The SMILES string of the molecule is CCOC(=O)[C@H](CCOC(C)(C)C)NC(=O)c1cn(-c2ccccc2)nc1C. The van der Waals surface area contributed by atoms with Crippen molar-refractivity contribution in [2.24, 2.45) is 0 Å². The smallest absolute Gasteiger partial charge is 0.328 e. The van der Waals surface area contributed by atoms with Gasteiger partial charge in [0.05, 0.1) is 29.2 Å². The molecule has 0 aliphatic rings. The molecule has 0 bridgehead atoms. The summed E-state index contributed by atoms with van der Waals surface area (Å²) in [6, 6.07) is 8.74. The average Bonchev–Trinajstić information content (AvgIpc) is 3.02. The second-order valence-electron chi connectivity index (χ2n) is 7.44. The van der Waals surface area contributed by atoms with E-state index in [2.05, 4.69) is 10.4 Å². The van der Waals surface area contributed by atoms with Crippen LogP contribution < -0.4 is 5.32 Å². The van der Waals surface area contributed by atoms with Crippen LogP contribution in [0.4, 0.5) is 0 Å². The van der Waals surface area contributed by atoms with Crippen molar-refractivity contribution in [3.8, 4) is 5.69 Å². The van der Waals surface area contributed by atoms with Gasteiger partial charge < -0.3 is 14.8 Å². The van der Waals surface area contributed by atoms with Crippen LogP contribution in [0.1, 0.15) is 50.2 Å². The van der Waals surface area contributed by atoms with E-state index in [4.69, 9.17) is 9.47 Å². The topological polar surface area (TPSA) is 82.5 Å². The molecule has 1 amide bonds. The third-order valence-electron chi connectivity index (χ3n) is 3.98. The highest BCUT2D eigenvalue weighted by Gasteiger charge is 2.25. The number of hydrogen-bond donors (Lipinski definition) is 1. The first-order chi connectivity index (χ1) is 13.2. The molecule has 0 saturated carbocycles. The van der Waals surface area contributed by atoms with Gasteiger partial charge in [0.25, 0.3) is 5.91 Å². The Kier molecular flexibility index (Phi) is 7.34. The number of hydrogen-bond acceptors (Lipinski definition) is 5. The lowest BCUT2D eigenvalue weighted by Crippen LogP contribution is -2.43. The number of aromatic nitrogens is 2. The monoisotopic (exact) mass is 387 g/mol. The van der Waals surface area contributed by atoms with Gasteiger partial charge in [-0.15, -0.1) is 0 Å². The minimum atomic E-state index is -0.783. The summed E-state index contributed by atoms with van der Waals surface area (Å²) in [6.07, 6.45) is 1.99. The predicted octanol–water partition coefficient (Wildman–Crippen LogP) is 3.05. The quantitative estimate of drug-likeness (QED) is 0.704. The minimum Gasteiger partial charge on any atom is -0.464 e. The summed E-state index contributed by atoms with van der Waals surface area (Å²) in [6.45, 7) is 9.88. The first-order valence-corrected chi connectivity index (χ1v) is 9.44. The number of amides is 1. The van der Waals surface area contributed by atoms with Gasteiger partial charge in [0.2, 0.25) is 0 Å². The minimum absolute atomic E-state index is 0.246. The molecule has 2 rings (SSSR count). The Hall–Kier alpha value is -2.67. The molecule has 7 nitrogen and oxygen atoms in total. The van der Waals surface area contributed by atoms with Crippen LogP contribution in [-0.2, 0) is 14.3 Å². The molecule has 0 fully saturated rings. The highest BCUT2D eigenvalue weighted by molar-refractivity contribution is 5.97. The molecule has 1 aromatic carbocycles. The summed E-state index contributed by atoms with van der Waals surface area (Å²) in [5.41, 5.74) is 1.52. The van der Waals surface area contributed by atoms with Crippen LogP contribution >= 0.6 is 0 Å². The molecule has 28 heavy (non-hydrogen) atoms. The highest BCUT2D eigenvalue weighted by Crippen LogP contribution is 2.13. The number of aryl methyl sites for hydroxylation is 1. The lowest BCUT2D eigenvalue weighted by molar-refractivity contribution is -0.146. The average molecular weight is 387 g/mol. The maximum Gasteiger partial charge on any atom is 0.328 e. The third kappa shape index (κ3) is 6.20. The summed E-state index contributed by atoms with van der Waals surface area (Å²) in [4.78, 5) is 25.0. The van der Waals surface area contributed by atoms with Crippen LogP contribution in [-0.4, -0.2) is 46.5 Å². The molecule has 0 spiro atoms. The Labute approximate surface area is 166 Å². The van der Waals surface area contributed by atoms with Crippen molar-refractivity contribution in [1.29, 1.82) is 0 Å². The van der Waals surface area contributed by atoms with Gasteiger partial charge in [-0.3, -0.25) is 4.79 Å². The van der Waals surface area contributed by atoms with Crippen LogP contribution in [0.15, 0.2) is 36.5 Å². The summed E-state index contributed by atoms with van der Waals surface area (Å²) in [5.74, 6) is -0.838. The fraction of sp³-hybridized carbons (Fsp3) is 0.476. The van der Waals surface area contributed by atoms with Gasteiger partial charge in [0, 0.05) is 19.2 Å². The highest BCUT2D eigenvalue weighted by atomic mass is 16.5. The Morgan fingerprint density at radius 3 is 2.50 bits per heavy atom. The molecule has 1 aromatic heterocycles. The fourth-order valence-electron chi connectivity index (χ4n) is 2.61. The van der Waals surface area contributed by atoms with Crippen molar-refractivity contribution < 1.29 is 19.1 Å². The molecule has 1 heterocycles. The van der Waals surface area contributed by atoms with E-state index >= 15 is 0 Å². The maximum absolute atomic E-state index is 12.8. The second-order valence-corrected chi connectivity index (χ2v) is 7.44. The van der Waals surface area contributed by atoms with Crippen LogP contribution in [0.5, 0.6) is 0 Å². The summed E-state index contributed by atoms with van der Waals surface area (Å²) in [5, 5.41) is 7.16. The van der Waals surface area contributed by atoms with Gasteiger partial charge in [-0.2, -0.15) is 5.10 Å². The van der Waals surface area contributed by atoms with Crippen LogP contribution in [0, 0.1) is 6.92 Å². The van der Waals surface area contributed by atoms with Gasteiger partial charge in [-0.25, -0.2) is 9.48 Å². The van der Waals surface area contributed by atoms with E-state index in [9.17, 15) is 9.59 Å². The Balaban J connectivity index is 2.11. The Bertz CT molecular complexity index is 794. The number of esters is 1. The molecular weight excluding hydrogens is 358 g/mol. The number of nitrogens with one attached hydrogen (secondary N) is 1.